The van der Waals surface area contributed by atoms with Gasteiger partial charge in [-0.1, -0.05) is 30.3 Å². The Bertz CT molecular complexity index is 673. The molecular formula is C20H27N3O4. The number of hydrogen-bond donors (Lipinski definition) is 0. The van der Waals surface area contributed by atoms with E-state index in [4.69, 9.17) is 4.74 Å². The van der Waals surface area contributed by atoms with Gasteiger partial charge in [-0.2, -0.15) is 0 Å². The van der Waals surface area contributed by atoms with Crippen LogP contribution in [-0.2, 0) is 25.5 Å². The van der Waals surface area contributed by atoms with Crippen LogP contribution in [0.1, 0.15) is 18.4 Å². The molecule has 2 aliphatic heterocycles. The monoisotopic (exact) mass is 373 g/mol. The topological polar surface area (TPSA) is 70.2 Å². The number of likely N-dealkylation sites (N-methyl/N-ethyl adjacent to an activating group) is 1. The zero-order chi connectivity index (χ0) is 19.2. The molecular weight excluding hydrogens is 346 g/mol. The highest BCUT2D eigenvalue weighted by Gasteiger charge is 2.36. The average Bonchev–Trinajstić information content (AvgIpc) is 3.18. The van der Waals surface area contributed by atoms with Gasteiger partial charge in [0.15, 0.2) is 0 Å². The van der Waals surface area contributed by atoms with Crippen molar-refractivity contribution in [2.24, 2.45) is 0 Å². The van der Waals surface area contributed by atoms with Crippen LogP contribution in [0.25, 0.3) is 0 Å². The fourth-order valence-corrected chi connectivity index (χ4v) is 3.64. The van der Waals surface area contributed by atoms with Gasteiger partial charge in [0.25, 0.3) is 0 Å². The number of hydrogen-bond acceptors (Lipinski definition) is 4. The maximum absolute atomic E-state index is 12.9. The molecule has 146 valence electrons. The second-order valence-corrected chi connectivity index (χ2v) is 7.09. The molecule has 1 aromatic carbocycles. The molecule has 0 aliphatic carbocycles. The van der Waals surface area contributed by atoms with Crippen LogP contribution < -0.4 is 0 Å². The smallest absolute Gasteiger partial charge is 0.245 e. The molecule has 3 amide bonds. The Balaban J connectivity index is 1.57. The van der Waals surface area contributed by atoms with Gasteiger partial charge >= 0.3 is 0 Å². The summed E-state index contributed by atoms with van der Waals surface area (Å²) in [5, 5.41) is 0. The second kappa shape index (κ2) is 8.99. The van der Waals surface area contributed by atoms with Crippen LogP contribution in [0.4, 0.5) is 0 Å². The third-order valence-corrected chi connectivity index (χ3v) is 5.17. The molecule has 0 radical (unpaired) electrons. The normalized spacial score (nSPS) is 19.8. The Labute approximate surface area is 159 Å². The standard InChI is InChI=1S/C20H27N3O4/c1-21(15-19(25)22-10-12-27-13-11-22)20(26)17-8-5-9-23(17)18(24)14-16-6-3-2-4-7-16/h2-4,6-7,17H,5,8-15H2,1H3. The summed E-state index contributed by atoms with van der Waals surface area (Å²) in [6.45, 7) is 2.82. The first-order chi connectivity index (χ1) is 13.1. The minimum atomic E-state index is -0.469. The molecule has 2 fully saturated rings. The predicted octanol–water partition coefficient (Wildman–Crippen LogP) is 0.537. The van der Waals surface area contributed by atoms with Crippen molar-refractivity contribution >= 4 is 17.7 Å². The van der Waals surface area contributed by atoms with Crippen LogP contribution in [0.3, 0.4) is 0 Å². The van der Waals surface area contributed by atoms with Gasteiger partial charge in [0.1, 0.15) is 6.04 Å². The van der Waals surface area contributed by atoms with Crippen LogP contribution in [-0.4, -0.2) is 84.9 Å². The second-order valence-electron chi connectivity index (χ2n) is 7.09. The number of nitrogens with zero attached hydrogens (tertiary/aromatic N) is 3. The maximum atomic E-state index is 12.9. The molecule has 7 heteroatoms. The Morgan fingerprint density at radius 1 is 1.07 bits per heavy atom. The average molecular weight is 373 g/mol. The van der Waals surface area contributed by atoms with Gasteiger partial charge in [0.2, 0.25) is 17.7 Å². The van der Waals surface area contributed by atoms with Gasteiger partial charge in [-0.15, -0.1) is 0 Å². The van der Waals surface area contributed by atoms with Gasteiger partial charge in [-0.3, -0.25) is 14.4 Å². The van der Waals surface area contributed by atoms with Crippen LogP contribution in [0.15, 0.2) is 30.3 Å². The van der Waals surface area contributed by atoms with Crippen molar-refractivity contribution in [2.75, 3.05) is 46.4 Å². The molecule has 0 saturated carbocycles. The summed E-state index contributed by atoms with van der Waals surface area (Å²) in [5.41, 5.74) is 0.941. The predicted molar refractivity (Wildman–Crippen MR) is 99.9 cm³/mol. The van der Waals surface area contributed by atoms with E-state index in [2.05, 4.69) is 0 Å². The summed E-state index contributed by atoms with van der Waals surface area (Å²) in [5.74, 6) is -0.269. The van der Waals surface area contributed by atoms with Crippen molar-refractivity contribution in [3.05, 3.63) is 35.9 Å². The van der Waals surface area contributed by atoms with Crippen molar-refractivity contribution in [3.63, 3.8) is 0 Å². The van der Waals surface area contributed by atoms with Gasteiger partial charge < -0.3 is 19.4 Å². The lowest BCUT2D eigenvalue weighted by molar-refractivity contribution is -0.146. The lowest BCUT2D eigenvalue weighted by Gasteiger charge is -2.31. The highest BCUT2D eigenvalue weighted by atomic mass is 16.5. The minimum Gasteiger partial charge on any atom is -0.378 e. The van der Waals surface area contributed by atoms with Crippen LogP contribution in [0, 0.1) is 0 Å². The highest BCUT2D eigenvalue weighted by Crippen LogP contribution is 2.20. The summed E-state index contributed by atoms with van der Waals surface area (Å²) in [7, 11) is 1.64. The number of morpholine rings is 1. The van der Waals surface area contributed by atoms with Gasteiger partial charge in [0, 0.05) is 26.7 Å². The number of likely N-dealkylation sites (tertiary alicyclic amines) is 1. The third kappa shape index (κ3) is 4.86. The summed E-state index contributed by atoms with van der Waals surface area (Å²) in [6, 6.07) is 9.08. The highest BCUT2D eigenvalue weighted by molar-refractivity contribution is 5.91. The van der Waals surface area contributed by atoms with Crippen molar-refractivity contribution in [1.82, 2.24) is 14.7 Å². The first-order valence-corrected chi connectivity index (χ1v) is 9.50. The van der Waals surface area contributed by atoms with Gasteiger partial charge in [-0.25, -0.2) is 0 Å². The maximum Gasteiger partial charge on any atom is 0.245 e. The third-order valence-electron chi connectivity index (χ3n) is 5.17. The Hall–Kier alpha value is -2.41. The molecule has 1 aromatic rings. The first-order valence-electron chi connectivity index (χ1n) is 9.50. The van der Waals surface area contributed by atoms with E-state index < -0.39 is 6.04 Å². The van der Waals surface area contributed by atoms with E-state index in [1.54, 1.807) is 16.8 Å². The van der Waals surface area contributed by atoms with E-state index in [0.29, 0.717) is 45.7 Å². The van der Waals surface area contributed by atoms with E-state index in [0.717, 1.165) is 12.0 Å². The van der Waals surface area contributed by atoms with E-state index in [9.17, 15) is 14.4 Å². The fourth-order valence-electron chi connectivity index (χ4n) is 3.64. The molecule has 7 nitrogen and oxygen atoms in total. The Kier molecular flexibility index (Phi) is 6.45. The summed E-state index contributed by atoms with van der Waals surface area (Å²) < 4.78 is 5.25. The summed E-state index contributed by atoms with van der Waals surface area (Å²) in [4.78, 5) is 42.8. The molecule has 27 heavy (non-hydrogen) atoms. The zero-order valence-corrected chi connectivity index (χ0v) is 15.8. The van der Waals surface area contributed by atoms with Crippen LogP contribution in [0.5, 0.6) is 0 Å². The SMILES string of the molecule is CN(CC(=O)N1CCOCC1)C(=O)C1CCCN1C(=O)Cc1ccccc1. The van der Waals surface area contributed by atoms with E-state index in [1.165, 1.54) is 4.90 Å². The molecule has 0 aromatic heterocycles. The molecule has 2 saturated heterocycles. The Morgan fingerprint density at radius 2 is 1.78 bits per heavy atom. The van der Waals surface area contributed by atoms with Crippen molar-refractivity contribution in [1.29, 1.82) is 0 Å². The van der Waals surface area contributed by atoms with E-state index in [-0.39, 0.29) is 24.3 Å². The fraction of sp³-hybridized carbons (Fsp3) is 0.550. The van der Waals surface area contributed by atoms with Crippen molar-refractivity contribution in [3.8, 4) is 0 Å². The number of ether oxygens (including phenoxy) is 1. The number of amides is 3. The van der Waals surface area contributed by atoms with Crippen LogP contribution >= 0.6 is 0 Å². The molecule has 0 bridgehead atoms. The van der Waals surface area contributed by atoms with Gasteiger partial charge in [0.05, 0.1) is 26.2 Å². The number of rotatable bonds is 5. The van der Waals surface area contributed by atoms with E-state index >= 15 is 0 Å². The molecule has 3 rings (SSSR count). The number of benzene rings is 1. The first kappa shape index (κ1) is 19.4. The molecule has 2 aliphatic rings. The van der Waals surface area contributed by atoms with E-state index in [1.807, 2.05) is 30.3 Å². The molecule has 0 spiro atoms. The zero-order valence-electron chi connectivity index (χ0n) is 15.8. The lowest BCUT2D eigenvalue weighted by Crippen LogP contribution is -2.51. The van der Waals surface area contributed by atoms with Crippen molar-refractivity contribution in [2.45, 2.75) is 25.3 Å². The van der Waals surface area contributed by atoms with Crippen molar-refractivity contribution < 1.29 is 19.1 Å². The summed E-state index contributed by atoms with van der Waals surface area (Å²) in [6.07, 6.45) is 1.75. The lowest BCUT2D eigenvalue weighted by atomic mass is 10.1. The number of carbonyl (C=O) groups is 3. The largest absolute Gasteiger partial charge is 0.378 e. The molecule has 0 N–H and O–H groups in total. The molecule has 1 atom stereocenters. The van der Waals surface area contributed by atoms with Gasteiger partial charge in [-0.05, 0) is 18.4 Å². The summed E-state index contributed by atoms with van der Waals surface area (Å²) >= 11 is 0. The molecule has 1 unspecified atom stereocenters. The van der Waals surface area contributed by atoms with Crippen LogP contribution in [0.2, 0.25) is 0 Å². The number of carbonyl (C=O) groups excluding carboxylic acids is 3. The quantitative estimate of drug-likeness (QED) is 0.755. The minimum absolute atomic E-state index is 0.0371. The molecule has 2 heterocycles. The Morgan fingerprint density at radius 3 is 2.48 bits per heavy atom.